The molecule has 0 radical (unpaired) electrons. The van der Waals surface area contributed by atoms with Crippen molar-refractivity contribution in [2.45, 2.75) is 61.9 Å². The number of hydrogen-bond donors (Lipinski definition) is 6. The van der Waals surface area contributed by atoms with Gasteiger partial charge in [-0.3, -0.25) is 14.6 Å². The maximum Gasteiger partial charge on any atom is 0.247 e. The van der Waals surface area contributed by atoms with E-state index in [1.165, 1.54) is 6.20 Å². The summed E-state index contributed by atoms with van der Waals surface area (Å²) >= 11 is 5.87. The molecule has 7 N–H and O–H groups in total. The number of rotatable bonds is 12. The summed E-state index contributed by atoms with van der Waals surface area (Å²) in [5.41, 5.74) is 9.26. The fourth-order valence-corrected chi connectivity index (χ4v) is 7.94. The van der Waals surface area contributed by atoms with Crippen LogP contribution in [0.2, 0.25) is 5.28 Å². The summed E-state index contributed by atoms with van der Waals surface area (Å²) in [6.07, 6.45) is 7.82. The number of piperidine rings is 1. The first kappa shape index (κ1) is 35.6. The smallest absolute Gasteiger partial charge is 0.247 e. The third kappa shape index (κ3) is 9.11. The van der Waals surface area contributed by atoms with E-state index in [1.54, 1.807) is 36.5 Å². The lowest BCUT2D eigenvalue weighted by molar-refractivity contribution is -0.130. The summed E-state index contributed by atoms with van der Waals surface area (Å²) in [4.78, 5) is 35.7. The van der Waals surface area contributed by atoms with Crippen LogP contribution in [0, 0.1) is 11.8 Å². The third-order valence-corrected chi connectivity index (χ3v) is 11.1. The van der Waals surface area contributed by atoms with Crippen LogP contribution < -0.4 is 26.4 Å². The molecule has 13 nitrogen and oxygen atoms in total. The molecule has 2 aliphatic rings. The van der Waals surface area contributed by atoms with Gasteiger partial charge in [0.15, 0.2) is 5.82 Å². The Morgan fingerprint density at radius 3 is 2.40 bits per heavy atom. The van der Waals surface area contributed by atoms with Crippen LogP contribution in [0.25, 0.3) is 22.5 Å². The number of benzene rings is 2. The van der Waals surface area contributed by atoms with Gasteiger partial charge in [0.05, 0.1) is 0 Å². The number of nitrogens with zero attached hydrogens (tertiary/aromatic N) is 3. The van der Waals surface area contributed by atoms with Gasteiger partial charge in [-0.2, -0.15) is 10.1 Å². The van der Waals surface area contributed by atoms with Crippen LogP contribution in [-0.4, -0.2) is 72.1 Å². The average molecular weight is 720 g/mol. The largest absolute Gasteiger partial charge is 0.344 e. The van der Waals surface area contributed by atoms with Gasteiger partial charge in [0, 0.05) is 47.6 Å². The monoisotopic (exact) mass is 719 g/mol. The Balaban J connectivity index is 1.19. The molecule has 2 fully saturated rings. The molecule has 1 aliphatic carbocycles. The topological polar surface area (TPSA) is 197 Å². The van der Waals surface area contributed by atoms with Gasteiger partial charge in [-0.15, -0.1) is 0 Å². The minimum atomic E-state index is -3.77. The van der Waals surface area contributed by atoms with E-state index in [0.717, 1.165) is 62.7 Å². The zero-order chi connectivity index (χ0) is 35.1. The molecule has 2 aromatic carbocycles. The average Bonchev–Trinajstić information content (AvgIpc) is 3.58. The van der Waals surface area contributed by atoms with Gasteiger partial charge in [-0.05, 0) is 117 Å². The highest BCUT2D eigenvalue weighted by atomic mass is 35.5. The van der Waals surface area contributed by atoms with Crippen molar-refractivity contribution < 1.29 is 18.0 Å². The standard InChI is InChI=1S/C35H42ClN9O4S/c36-35-42-32(43-44-35)24-8-10-28(11-9-24)40-34(47)31(41-33(46)25-6-4-22(19-37)5-7-25)17-23-2-1-3-26(16-23)27-18-30(21-39-20-27)50(48,49)45-29-12-14-38-15-13-29/h1-3,8-11,16,18,20-22,25,29,31,38,45H,4-7,12-15,17,19,37H2,(H,40,47)(H,41,46)(H,42,43,44). The van der Waals surface area contributed by atoms with E-state index in [-0.39, 0.29) is 40.4 Å². The van der Waals surface area contributed by atoms with E-state index < -0.39 is 16.1 Å². The summed E-state index contributed by atoms with van der Waals surface area (Å²) in [6.45, 7) is 2.13. The van der Waals surface area contributed by atoms with Gasteiger partial charge in [0.2, 0.25) is 27.1 Å². The SMILES string of the molecule is NCC1CCC(C(=O)NC(Cc2cccc(-c3cncc(S(=O)(=O)NC4CCNCC4)c3)c2)C(=O)Nc2ccc(-c3n[nH]c(Cl)n3)cc2)CC1. The number of hydrogen-bond acceptors (Lipinski definition) is 9. The number of aromatic nitrogens is 4. The Labute approximate surface area is 296 Å². The third-order valence-electron chi connectivity index (χ3n) is 9.44. The van der Waals surface area contributed by atoms with Gasteiger partial charge < -0.3 is 21.7 Å². The highest BCUT2D eigenvalue weighted by Crippen LogP contribution is 2.29. The molecule has 1 aliphatic heterocycles. The Kier molecular flexibility index (Phi) is 11.5. The second kappa shape index (κ2) is 16.2. The number of pyridine rings is 1. The van der Waals surface area contributed by atoms with E-state index >= 15 is 0 Å². The van der Waals surface area contributed by atoms with Gasteiger partial charge in [-0.1, -0.05) is 24.3 Å². The normalized spacial score (nSPS) is 19.1. The number of nitrogens with one attached hydrogen (secondary N) is 5. The van der Waals surface area contributed by atoms with E-state index in [0.29, 0.717) is 35.1 Å². The lowest BCUT2D eigenvalue weighted by atomic mass is 9.81. The fraction of sp³-hybridized carbons (Fsp3) is 0.400. The minimum Gasteiger partial charge on any atom is -0.344 e. The molecule has 15 heteroatoms. The van der Waals surface area contributed by atoms with Crippen molar-refractivity contribution >= 4 is 39.1 Å². The van der Waals surface area contributed by atoms with Gasteiger partial charge >= 0.3 is 0 Å². The molecule has 2 aromatic heterocycles. The Hall–Kier alpha value is -4.21. The summed E-state index contributed by atoms with van der Waals surface area (Å²) in [7, 11) is -3.77. The number of sulfonamides is 1. The summed E-state index contributed by atoms with van der Waals surface area (Å²) in [5.74, 6) is 0.128. The number of nitrogens with two attached hydrogens (primary N) is 1. The second-order valence-electron chi connectivity index (χ2n) is 13.0. The first-order chi connectivity index (χ1) is 24.2. The molecule has 264 valence electrons. The number of halogens is 1. The Bertz CT molecular complexity index is 1890. The van der Waals surface area contributed by atoms with Crippen molar-refractivity contribution in [3.63, 3.8) is 0 Å². The zero-order valence-electron chi connectivity index (χ0n) is 27.6. The molecule has 6 rings (SSSR count). The van der Waals surface area contributed by atoms with Gasteiger partial charge in [0.1, 0.15) is 10.9 Å². The molecule has 1 saturated carbocycles. The van der Waals surface area contributed by atoms with Crippen LogP contribution in [-0.2, 0) is 26.0 Å². The number of aromatic amines is 1. The predicted molar refractivity (Wildman–Crippen MR) is 191 cm³/mol. The minimum absolute atomic E-state index is 0.0880. The van der Waals surface area contributed by atoms with Crippen molar-refractivity contribution in [3.05, 3.63) is 77.8 Å². The molecule has 1 saturated heterocycles. The van der Waals surface area contributed by atoms with Gasteiger partial charge in [-0.25, -0.2) is 18.2 Å². The Morgan fingerprint density at radius 2 is 1.70 bits per heavy atom. The van der Waals surface area contributed by atoms with Crippen molar-refractivity contribution in [2.75, 3.05) is 25.0 Å². The highest BCUT2D eigenvalue weighted by Gasteiger charge is 2.30. The van der Waals surface area contributed by atoms with Crippen LogP contribution in [0.4, 0.5) is 5.69 Å². The lowest BCUT2D eigenvalue weighted by Crippen LogP contribution is -2.48. The molecule has 1 unspecified atom stereocenters. The molecule has 1 atom stereocenters. The first-order valence-electron chi connectivity index (χ1n) is 16.9. The summed E-state index contributed by atoms with van der Waals surface area (Å²) in [5, 5.41) is 16.0. The number of amides is 2. The second-order valence-corrected chi connectivity index (χ2v) is 15.1. The maximum absolute atomic E-state index is 13.8. The fourth-order valence-electron chi connectivity index (χ4n) is 6.53. The van der Waals surface area contributed by atoms with Crippen molar-refractivity contribution in [3.8, 4) is 22.5 Å². The molecular weight excluding hydrogens is 678 g/mol. The van der Waals surface area contributed by atoms with Crippen LogP contribution >= 0.6 is 11.6 Å². The van der Waals surface area contributed by atoms with Crippen LogP contribution in [0.5, 0.6) is 0 Å². The lowest BCUT2D eigenvalue weighted by Gasteiger charge is -2.28. The molecule has 4 aromatic rings. The van der Waals surface area contributed by atoms with Crippen LogP contribution in [0.15, 0.2) is 71.9 Å². The molecule has 3 heterocycles. The quantitative estimate of drug-likeness (QED) is 0.127. The highest BCUT2D eigenvalue weighted by molar-refractivity contribution is 7.89. The zero-order valence-corrected chi connectivity index (χ0v) is 29.1. The predicted octanol–water partition coefficient (Wildman–Crippen LogP) is 3.65. The van der Waals surface area contributed by atoms with E-state index in [4.69, 9.17) is 17.3 Å². The van der Waals surface area contributed by atoms with Crippen LogP contribution in [0.1, 0.15) is 44.1 Å². The number of anilines is 1. The van der Waals surface area contributed by atoms with Crippen molar-refractivity contribution in [2.24, 2.45) is 17.6 Å². The Morgan fingerprint density at radius 1 is 0.940 bits per heavy atom. The number of carbonyl (C=O) groups is 2. The molecule has 2 amide bonds. The summed E-state index contributed by atoms with van der Waals surface area (Å²) < 4.78 is 29.2. The first-order valence-corrected chi connectivity index (χ1v) is 18.8. The van der Waals surface area contributed by atoms with E-state index in [1.807, 2.05) is 24.3 Å². The molecular formula is C35H42ClN9O4S. The maximum atomic E-state index is 13.8. The molecule has 0 spiro atoms. The number of carbonyl (C=O) groups excluding carboxylic acids is 2. The van der Waals surface area contributed by atoms with Crippen molar-refractivity contribution in [1.29, 1.82) is 0 Å². The number of H-pyrrole nitrogens is 1. The van der Waals surface area contributed by atoms with Crippen LogP contribution in [0.3, 0.4) is 0 Å². The van der Waals surface area contributed by atoms with Gasteiger partial charge in [0.25, 0.3) is 0 Å². The van der Waals surface area contributed by atoms with Crippen molar-refractivity contribution in [1.82, 2.24) is 35.5 Å². The molecule has 50 heavy (non-hydrogen) atoms. The van der Waals surface area contributed by atoms with E-state index in [2.05, 4.69) is 40.8 Å². The summed E-state index contributed by atoms with van der Waals surface area (Å²) in [6, 6.07) is 15.1. The molecule has 0 bridgehead atoms. The van der Waals surface area contributed by atoms with E-state index in [9.17, 15) is 18.0 Å².